The Kier molecular flexibility index (Phi) is 5.61. The first-order chi connectivity index (χ1) is 14.5. The molecule has 0 bridgehead atoms. The molecule has 0 fully saturated rings. The fourth-order valence-electron chi connectivity index (χ4n) is 3.12. The molecule has 3 N–H and O–H groups in total. The lowest BCUT2D eigenvalue weighted by atomic mass is 10.0. The number of aromatic nitrogens is 1. The molecule has 0 aliphatic rings. The van der Waals surface area contributed by atoms with Gasteiger partial charge in [0, 0.05) is 16.0 Å². The second kappa shape index (κ2) is 8.49. The van der Waals surface area contributed by atoms with Gasteiger partial charge in [0.05, 0.1) is 22.5 Å². The van der Waals surface area contributed by atoms with Crippen LogP contribution in [0.15, 0.2) is 84.9 Å². The highest BCUT2D eigenvalue weighted by Gasteiger charge is 2.18. The summed E-state index contributed by atoms with van der Waals surface area (Å²) in [6.07, 6.45) is 0. The number of fused-ring (bicyclic) bond motifs is 1. The molecule has 1 heterocycles. The minimum atomic E-state index is -0.353. The van der Waals surface area contributed by atoms with Crippen LogP contribution in [0.1, 0.15) is 10.4 Å². The standard InChI is InChI=1S/C23H17ClN4OS/c24-16-10-12-17(13-11-16)28(23(25)30)27-22(29)19-14-21(15-6-2-1-3-7-15)26-20-9-5-4-8-18(19)20/h1-14H,(H2,25,30)(H,27,29). The van der Waals surface area contributed by atoms with Crippen molar-refractivity contribution in [3.8, 4) is 11.3 Å². The molecule has 0 spiro atoms. The van der Waals surface area contributed by atoms with E-state index in [4.69, 9.17) is 34.5 Å². The van der Waals surface area contributed by atoms with Crippen molar-refractivity contribution < 1.29 is 4.79 Å². The average molecular weight is 433 g/mol. The number of benzene rings is 3. The maximum Gasteiger partial charge on any atom is 0.270 e. The number of hydrogen-bond donors (Lipinski definition) is 2. The zero-order valence-corrected chi connectivity index (χ0v) is 17.3. The monoisotopic (exact) mass is 432 g/mol. The summed E-state index contributed by atoms with van der Waals surface area (Å²) in [4.78, 5) is 18.0. The summed E-state index contributed by atoms with van der Waals surface area (Å²) in [5, 5.41) is 2.66. The Morgan fingerprint density at radius 1 is 0.967 bits per heavy atom. The van der Waals surface area contributed by atoms with Crippen LogP contribution in [-0.2, 0) is 0 Å². The number of nitrogens with one attached hydrogen (secondary N) is 1. The molecular formula is C23H17ClN4OS. The van der Waals surface area contributed by atoms with E-state index in [2.05, 4.69) is 5.43 Å². The molecule has 0 aliphatic carbocycles. The van der Waals surface area contributed by atoms with Crippen LogP contribution in [0.4, 0.5) is 5.69 Å². The van der Waals surface area contributed by atoms with Crippen molar-refractivity contribution in [2.75, 3.05) is 5.01 Å². The number of rotatable bonds is 3. The lowest BCUT2D eigenvalue weighted by Gasteiger charge is -2.24. The molecule has 0 radical (unpaired) electrons. The van der Waals surface area contributed by atoms with Crippen molar-refractivity contribution in [3.63, 3.8) is 0 Å². The highest BCUT2D eigenvalue weighted by molar-refractivity contribution is 7.80. The molecule has 0 unspecified atom stereocenters. The minimum absolute atomic E-state index is 0.00677. The van der Waals surface area contributed by atoms with Gasteiger partial charge in [0.15, 0.2) is 5.11 Å². The van der Waals surface area contributed by atoms with E-state index in [-0.39, 0.29) is 11.0 Å². The normalized spacial score (nSPS) is 10.6. The summed E-state index contributed by atoms with van der Waals surface area (Å²) < 4.78 is 0. The maximum atomic E-state index is 13.3. The molecule has 4 rings (SSSR count). The summed E-state index contributed by atoms with van der Waals surface area (Å²) in [5.41, 5.74) is 12.1. The third-order valence-electron chi connectivity index (χ3n) is 4.55. The minimum Gasteiger partial charge on any atom is -0.374 e. The lowest BCUT2D eigenvalue weighted by molar-refractivity contribution is 0.0956. The number of pyridine rings is 1. The first-order valence-corrected chi connectivity index (χ1v) is 9.93. The van der Waals surface area contributed by atoms with E-state index in [0.29, 0.717) is 22.0 Å². The highest BCUT2D eigenvalue weighted by atomic mass is 35.5. The van der Waals surface area contributed by atoms with Crippen LogP contribution in [0.25, 0.3) is 22.2 Å². The highest BCUT2D eigenvalue weighted by Crippen LogP contribution is 2.25. The van der Waals surface area contributed by atoms with E-state index in [1.807, 2.05) is 54.6 Å². The van der Waals surface area contributed by atoms with Crippen molar-refractivity contribution in [3.05, 3.63) is 95.5 Å². The van der Waals surface area contributed by atoms with E-state index in [9.17, 15) is 4.79 Å². The molecule has 148 valence electrons. The number of thiocarbonyl (C=S) groups is 1. The number of carbonyl (C=O) groups is 1. The molecule has 1 amide bonds. The molecule has 3 aromatic carbocycles. The number of anilines is 1. The number of nitrogens with two attached hydrogens (primary N) is 1. The summed E-state index contributed by atoms with van der Waals surface area (Å²) in [6, 6.07) is 25.8. The largest absolute Gasteiger partial charge is 0.374 e. The van der Waals surface area contributed by atoms with Gasteiger partial charge in [-0.1, -0.05) is 60.1 Å². The molecule has 0 saturated heterocycles. The summed E-state index contributed by atoms with van der Waals surface area (Å²) in [5.74, 6) is -0.353. The molecule has 1 aromatic heterocycles. The van der Waals surface area contributed by atoms with E-state index in [0.717, 1.165) is 16.5 Å². The van der Waals surface area contributed by atoms with Crippen molar-refractivity contribution >= 4 is 51.4 Å². The summed E-state index contributed by atoms with van der Waals surface area (Å²) in [6.45, 7) is 0. The van der Waals surface area contributed by atoms with Crippen LogP contribution in [0.2, 0.25) is 5.02 Å². The zero-order chi connectivity index (χ0) is 21.1. The number of carbonyl (C=O) groups excluding carboxylic acids is 1. The van der Waals surface area contributed by atoms with Gasteiger partial charge >= 0.3 is 0 Å². The van der Waals surface area contributed by atoms with Crippen LogP contribution in [-0.4, -0.2) is 16.0 Å². The second-order valence-corrected chi connectivity index (χ2v) is 7.38. The molecule has 0 aliphatic heterocycles. The third kappa shape index (κ3) is 4.10. The van der Waals surface area contributed by atoms with E-state index in [1.54, 1.807) is 30.3 Å². The molecule has 4 aromatic rings. The van der Waals surface area contributed by atoms with Crippen molar-refractivity contribution in [1.82, 2.24) is 10.4 Å². The topological polar surface area (TPSA) is 71.2 Å². The number of nitrogens with zero attached hydrogens (tertiary/aromatic N) is 2. The number of halogens is 1. The van der Waals surface area contributed by atoms with Gasteiger partial charge in [-0.25, -0.2) is 9.99 Å². The first-order valence-electron chi connectivity index (χ1n) is 9.14. The molecule has 30 heavy (non-hydrogen) atoms. The van der Waals surface area contributed by atoms with Gasteiger partial charge in [-0.2, -0.15) is 0 Å². The number of hydrogen-bond acceptors (Lipinski definition) is 3. The predicted octanol–water partition coefficient (Wildman–Crippen LogP) is 4.95. The Balaban J connectivity index is 1.76. The predicted molar refractivity (Wildman–Crippen MR) is 125 cm³/mol. The van der Waals surface area contributed by atoms with Gasteiger partial charge in [-0.05, 0) is 48.6 Å². The average Bonchev–Trinajstić information content (AvgIpc) is 2.77. The third-order valence-corrected chi connectivity index (χ3v) is 4.98. The zero-order valence-electron chi connectivity index (χ0n) is 15.7. The molecule has 7 heteroatoms. The first kappa shape index (κ1) is 19.8. The van der Waals surface area contributed by atoms with Crippen LogP contribution < -0.4 is 16.2 Å². The Labute approximate surface area is 184 Å². The van der Waals surface area contributed by atoms with Crippen LogP contribution in [0.5, 0.6) is 0 Å². The van der Waals surface area contributed by atoms with Crippen LogP contribution in [0, 0.1) is 0 Å². The van der Waals surface area contributed by atoms with Crippen molar-refractivity contribution in [1.29, 1.82) is 0 Å². The summed E-state index contributed by atoms with van der Waals surface area (Å²) >= 11 is 11.1. The van der Waals surface area contributed by atoms with Gasteiger partial charge in [-0.3, -0.25) is 10.2 Å². The number of hydrazine groups is 1. The Morgan fingerprint density at radius 2 is 1.63 bits per heavy atom. The van der Waals surface area contributed by atoms with E-state index < -0.39 is 0 Å². The Morgan fingerprint density at radius 3 is 2.33 bits per heavy atom. The number of para-hydroxylation sites is 1. The maximum absolute atomic E-state index is 13.3. The van der Waals surface area contributed by atoms with Gasteiger partial charge < -0.3 is 5.73 Å². The van der Waals surface area contributed by atoms with E-state index in [1.165, 1.54) is 5.01 Å². The van der Waals surface area contributed by atoms with Gasteiger partial charge in [0.2, 0.25) is 0 Å². The molecule has 5 nitrogen and oxygen atoms in total. The van der Waals surface area contributed by atoms with Gasteiger partial charge in [0.25, 0.3) is 5.91 Å². The van der Waals surface area contributed by atoms with Crippen LogP contribution >= 0.6 is 23.8 Å². The summed E-state index contributed by atoms with van der Waals surface area (Å²) in [7, 11) is 0. The van der Waals surface area contributed by atoms with Gasteiger partial charge in [0.1, 0.15) is 0 Å². The van der Waals surface area contributed by atoms with Gasteiger partial charge in [-0.15, -0.1) is 0 Å². The fraction of sp³-hybridized carbons (Fsp3) is 0. The Bertz CT molecular complexity index is 1230. The van der Waals surface area contributed by atoms with E-state index >= 15 is 0 Å². The quantitative estimate of drug-likeness (QED) is 0.354. The van der Waals surface area contributed by atoms with Crippen LogP contribution in [0.3, 0.4) is 0 Å². The van der Waals surface area contributed by atoms with Crippen molar-refractivity contribution in [2.24, 2.45) is 5.73 Å². The smallest absolute Gasteiger partial charge is 0.270 e. The molecule has 0 saturated carbocycles. The second-order valence-electron chi connectivity index (χ2n) is 6.53. The molecule has 0 atom stereocenters. The lowest BCUT2D eigenvalue weighted by Crippen LogP contribution is -2.49. The Hall–Kier alpha value is -3.48. The number of amides is 1. The SMILES string of the molecule is NC(=S)N(NC(=O)c1cc(-c2ccccc2)nc2ccccc12)c1ccc(Cl)cc1. The van der Waals surface area contributed by atoms with Crippen molar-refractivity contribution in [2.45, 2.75) is 0 Å². The fourth-order valence-corrected chi connectivity index (χ4v) is 3.40. The molecular weight excluding hydrogens is 416 g/mol.